The Kier molecular flexibility index (Phi) is 4.56. The van der Waals surface area contributed by atoms with Gasteiger partial charge < -0.3 is 0 Å². The lowest BCUT2D eigenvalue weighted by molar-refractivity contribution is -0.143. The van der Waals surface area contributed by atoms with Gasteiger partial charge in [0, 0.05) is 17.8 Å². The van der Waals surface area contributed by atoms with Gasteiger partial charge in [0.05, 0.1) is 23.8 Å². The fourth-order valence-electron chi connectivity index (χ4n) is 2.70. The van der Waals surface area contributed by atoms with E-state index in [1.807, 2.05) is 0 Å². The number of aromatic nitrogens is 6. The van der Waals surface area contributed by atoms with E-state index in [1.165, 1.54) is 28.9 Å². The average Bonchev–Trinajstić information content (AvgIpc) is 3.36. The third-order valence-electron chi connectivity index (χ3n) is 4.10. The summed E-state index contributed by atoms with van der Waals surface area (Å²) in [6, 6.07) is 8.73. The van der Waals surface area contributed by atoms with Gasteiger partial charge in [-0.15, -0.1) is 5.10 Å². The monoisotopic (exact) mass is 424 g/mol. The maximum absolute atomic E-state index is 13.2. The van der Waals surface area contributed by atoms with Crippen molar-refractivity contribution in [3.05, 3.63) is 72.4 Å². The van der Waals surface area contributed by atoms with Crippen molar-refractivity contribution in [2.45, 2.75) is 12.4 Å². The Morgan fingerprint density at radius 3 is 2.17 bits per heavy atom. The van der Waals surface area contributed by atoms with Crippen LogP contribution in [0.3, 0.4) is 0 Å². The molecule has 0 unspecified atom stereocenters. The highest BCUT2D eigenvalue weighted by molar-refractivity contribution is 5.60. The third kappa shape index (κ3) is 3.75. The molecule has 3 aromatic heterocycles. The minimum atomic E-state index is -5.01. The number of pyridine rings is 1. The molecule has 154 valence electrons. The SMILES string of the molecule is FC(F)(F)c1cc(C(F)(F)F)n(-c2ccc(-c3cn(-c4cccnc4)nn3)cc2)n1. The molecule has 12 heteroatoms. The second kappa shape index (κ2) is 6.97. The largest absolute Gasteiger partial charge is 0.435 e. The number of alkyl halides is 6. The van der Waals surface area contributed by atoms with E-state index in [-0.39, 0.29) is 16.4 Å². The van der Waals surface area contributed by atoms with Crippen molar-refractivity contribution in [1.82, 2.24) is 29.8 Å². The van der Waals surface area contributed by atoms with Crippen LogP contribution in [0.2, 0.25) is 0 Å². The predicted molar refractivity (Wildman–Crippen MR) is 91.7 cm³/mol. The van der Waals surface area contributed by atoms with Crippen molar-refractivity contribution in [3.8, 4) is 22.6 Å². The summed E-state index contributed by atoms with van der Waals surface area (Å²) >= 11 is 0. The van der Waals surface area contributed by atoms with E-state index < -0.39 is 23.7 Å². The molecule has 4 aromatic rings. The smallest absolute Gasteiger partial charge is 0.262 e. The first kappa shape index (κ1) is 19.6. The summed E-state index contributed by atoms with van der Waals surface area (Å²) in [6.45, 7) is 0. The zero-order valence-corrected chi connectivity index (χ0v) is 14.7. The van der Waals surface area contributed by atoms with E-state index in [2.05, 4.69) is 20.4 Å². The molecule has 0 amide bonds. The number of benzene rings is 1. The molecule has 0 saturated heterocycles. The molecular weight excluding hydrogens is 414 g/mol. The van der Waals surface area contributed by atoms with Crippen LogP contribution in [0.15, 0.2) is 61.1 Å². The number of hydrogen-bond acceptors (Lipinski definition) is 4. The number of rotatable bonds is 3. The van der Waals surface area contributed by atoms with Gasteiger partial charge >= 0.3 is 12.4 Å². The zero-order valence-electron chi connectivity index (χ0n) is 14.7. The number of halogens is 6. The Balaban J connectivity index is 1.68. The van der Waals surface area contributed by atoms with Gasteiger partial charge in [0.2, 0.25) is 0 Å². The maximum atomic E-state index is 13.2. The van der Waals surface area contributed by atoms with Crippen molar-refractivity contribution in [3.63, 3.8) is 0 Å². The van der Waals surface area contributed by atoms with Crippen LogP contribution < -0.4 is 0 Å². The number of hydrogen-bond donors (Lipinski definition) is 0. The minimum absolute atomic E-state index is 0.0204. The van der Waals surface area contributed by atoms with Gasteiger partial charge in [-0.1, -0.05) is 17.3 Å². The lowest BCUT2D eigenvalue weighted by Gasteiger charge is -2.10. The summed E-state index contributed by atoms with van der Waals surface area (Å²) in [5.41, 5.74) is -1.76. The minimum Gasteiger partial charge on any atom is -0.262 e. The first-order chi connectivity index (χ1) is 14.1. The fraction of sp³-hybridized carbons (Fsp3) is 0.111. The van der Waals surface area contributed by atoms with Crippen LogP contribution in [-0.4, -0.2) is 29.8 Å². The fourth-order valence-corrected chi connectivity index (χ4v) is 2.70. The molecule has 4 rings (SSSR count). The molecule has 0 aliphatic carbocycles. The van der Waals surface area contributed by atoms with Gasteiger partial charge in [0.15, 0.2) is 5.69 Å². The molecule has 0 saturated carbocycles. The predicted octanol–water partition coefficient (Wildman–Crippen LogP) is 4.55. The summed E-state index contributed by atoms with van der Waals surface area (Å²) in [5, 5.41) is 11.0. The Hall–Kier alpha value is -3.70. The lowest BCUT2D eigenvalue weighted by atomic mass is 10.1. The molecule has 0 fully saturated rings. The highest BCUT2D eigenvalue weighted by atomic mass is 19.4. The summed E-state index contributed by atoms with van der Waals surface area (Å²) in [4.78, 5) is 3.97. The third-order valence-corrected chi connectivity index (χ3v) is 4.10. The molecule has 30 heavy (non-hydrogen) atoms. The molecule has 0 atom stereocenters. The van der Waals surface area contributed by atoms with Crippen molar-refractivity contribution >= 4 is 0 Å². The van der Waals surface area contributed by atoms with Crippen LogP contribution in [0, 0.1) is 0 Å². The summed E-state index contributed by atoms with van der Waals surface area (Å²) in [6.07, 6.45) is -5.27. The van der Waals surface area contributed by atoms with E-state index in [4.69, 9.17) is 0 Å². The molecule has 1 aromatic carbocycles. The van der Waals surface area contributed by atoms with Crippen molar-refractivity contribution < 1.29 is 26.3 Å². The standard InChI is InChI=1S/C18H10F6N6/c19-17(20,21)15-8-16(18(22,23)24)30(27-15)12-5-3-11(4-6-12)14-10-29(28-26-14)13-2-1-7-25-9-13/h1-10H. The van der Waals surface area contributed by atoms with Crippen LogP contribution in [-0.2, 0) is 12.4 Å². The zero-order chi connectivity index (χ0) is 21.5. The molecule has 0 N–H and O–H groups in total. The van der Waals surface area contributed by atoms with Crippen molar-refractivity contribution in [1.29, 1.82) is 0 Å². The molecule has 0 spiro atoms. The van der Waals surface area contributed by atoms with Crippen molar-refractivity contribution in [2.24, 2.45) is 0 Å². The van der Waals surface area contributed by atoms with Crippen LogP contribution in [0.5, 0.6) is 0 Å². The summed E-state index contributed by atoms with van der Waals surface area (Å²) < 4.78 is 79.8. The van der Waals surface area contributed by atoms with E-state index in [0.717, 1.165) is 0 Å². The van der Waals surface area contributed by atoms with E-state index in [0.29, 0.717) is 16.9 Å². The van der Waals surface area contributed by atoms with E-state index in [1.54, 1.807) is 30.7 Å². The Morgan fingerprint density at radius 2 is 1.57 bits per heavy atom. The summed E-state index contributed by atoms with van der Waals surface area (Å²) in [5.74, 6) is 0. The molecular formula is C18H10F6N6. The van der Waals surface area contributed by atoms with Gasteiger partial charge in [-0.25, -0.2) is 9.36 Å². The highest BCUT2D eigenvalue weighted by Crippen LogP contribution is 2.36. The van der Waals surface area contributed by atoms with Gasteiger partial charge in [0.1, 0.15) is 11.4 Å². The van der Waals surface area contributed by atoms with Crippen LogP contribution in [0.4, 0.5) is 26.3 Å². The Morgan fingerprint density at radius 1 is 0.833 bits per heavy atom. The topological polar surface area (TPSA) is 61.4 Å². The normalized spacial score (nSPS) is 12.3. The van der Waals surface area contributed by atoms with Crippen LogP contribution in [0.1, 0.15) is 11.4 Å². The van der Waals surface area contributed by atoms with Gasteiger partial charge in [-0.05, 0) is 24.3 Å². The van der Waals surface area contributed by atoms with Gasteiger partial charge in [0.25, 0.3) is 0 Å². The molecule has 3 heterocycles. The van der Waals surface area contributed by atoms with Gasteiger partial charge in [-0.3, -0.25) is 4.98 Å². The van der Waals surface area contributed by atoms with Gasteiger partial charge in [-0.2, -0.15) is 31.4 Å². The van der Waals surface area contributed by atoms with Crippen LogP contribution in [0.25, 0.3) is 22.6 Å². The quantitative estimate of drug-likeness (QED) is 0.453. The molecule has 0 aliphatic heterocycles. The molecule has 0 aliphatic rings. The Bertz CT molecular complexity index is 1160. The second-order valence-corrected chi connectivity index (χ2v) is 6.13. The van der Waals surface area contributed by atoms with E-state index >= 15 is 0 Å². The lowest BCUT2D eigenvalue weighted by Crippen LogP contribution is -2.13. The van der Waals surface area contributed by atoms with Crippen LogP contribution >= 0.6 is 0 Å². The maximum Gasteiger partial charge on any atom is 0.435 e. The van der Waals surface area contributed by atoms with E-state index in [9.17, 15) is 26.3 Å². The number of nitrogens with zero attached hydrogens (tertiary/aromatic N) is 6. The second-order valence-electron chi connectivity index (χ2n) is 6.13. The molecule has 6 nitrogen and oxygen atoms in total. The molecule has 0 radical (unpaired) electrons. The highest BCUT2D eigenvalue weighted by Gasteiger charge is 2.42. The molecule has 0 bridgehead atoms. The average molecular weight is 424 g/mol. The first-order valence-electron chi connectivity index (χ1n) is 8.31. The first-order valence-corrected chi connectivity index (χ1v) is 8.31. The Labute approximate surface area is 164 Å². The van der Waals surface area contributed by atoms with Crippen molar-refractivity contribution in [2.75, 3.05) is 0 Å². The summed E-state index contributed by atoms with van der Waals surface area (Å²) in [7, 11) is 0.